The van der Waals surface area contributed by atoms with Crippen molar-refractivity contribution in [2.45, 2.75) is 0 Å². The fourth-order valence-electron chi connectivity index (χ4n) is 2.02. The molecule has 3 aromatic rings. The normalized spacial score (nSPS) is 10.0. The molecule has 6 nitrogen and oxygen atoms in total. The van der Waals surface area contributed by atoms with Crippen molar-refractivity contribution in [2.75, 3.05) is 0 Å². The van der Waals surface area contributed by atoms with E-state index in [4.69, 9.17) is 4.74 Å². The largest absolute Gasteiger partial charge is 0.457 e. The molecule has 2 aromatic carbocycles. The Hall–Kier alpha value is -3.54. The van der Waals surface area contributed by atoms with Gasteiger partial charge in [0.1, 0.15) is 17.2 Å². The quantitative estimate of drug-likeness (QED) is 0.646. The van der Waals surface area contributed by atoms with Crippen LogP contribution in [0.2, 0.25) is 0 Å². The molecule has 0 fully saturated rings. The monoisotopic (exact) mass is 321 g/mol. The standard InChI is InChI=1S/C18H15N3O3/c22-17(20-21-18(23)16-7-4-12-19-16)13-8-10-15(11-9-13)24-14-5-2-1-3-6-14/h1-12,19H,(H,20,22)(H,21,23). The highest BCUT2D eigenvalue weighted by atomic mass is 16.5. The molecule has 3 rings (SSSR count). The summed E-state index contributed by atoms with van der Waals surface area (Å²) in [5.41, 5.74) is 5.46. The Kier molecular flexibility index (Phi) is 4.57. The number of carbonyl (C=O) groups excluding carboxylic acids is 2. The number of aromatic nitrogens is 1. The topological polar surface area (TPSA) is 83.2 Å². The van der Waals surface area contributed by atoms with Gasteiger partial charge < -0.3 is 9.72 Å². The Morgan fingerprint density at radius 1 is 0.750 bits per heavy atom. The Morgan fingerprint density at radius 2 is 1.42 bits per heavy atom. The fourth-order valence-corrected chi connectivity index (χ4v) is 2.02. The fraction of sp³-hybridized carbons (Fsp3) is 0. The highest BCUT2D eigenvalue weighted by Gasteiger charge is 2.09. The van der Waals surface area contributed by atoms with E-state index >= 15 is 0 Å². The van der Waals surface area contributed by atoms with Gasteiger partial charge in [-0.25, -0.2) is 0 Å². The summed E-state index contributed by atoms with van der Waals surface area (Å²) in [5, 5.41) is 0. The SMILES string of the molecule is O=C(NNC(=O)c1ccc[nH]1)c1ccc(Oc2ccccc2)cc1. The molecule has 0 radical (unpaired) electrons. The van der Waals surface area contributed by atoms with Crippen LogP contribution >= 0.6 is 0 Å². The summed E-state index contributed by atoms with van der Waals surface area (Å²) < 4.78 is 5.65. The van der Waals surface area contributed by atoms with Crippen molar-refractivity contribution in [2.24, 2.45) is 0 Å². The van der Waals surface area contributed by atoms with Crippen LogP contribution in [-0.4, -0.2) is 16.8 Å². The zero-order valence-corrected chi connectivity index (χ0v) is 12.7. The van der Waals surface area contributed by atoms with Crippen LogP contribution in [0.25, 0.3) is 0 Å². The van der Waals surface area contributed by atoms with Crippen molar-refractivity contribution in [1.82, 2.24) is 15.8 Å². The number of hydrogen-bond donors (Lipinski definition) is 3. The van der Waals surface area contributed by atoms with Crippen LogP contribution in [0.4, 0.5) is 0 Å². The first-order chi connectivity index (χ1) is 11.7. The first kappa shape index (κ1) is 15.4. The number of nitrogens with one attached hydrogen (secondary N) is 3. The van der Waals surface area contributed by atoms with Gasteiger partial charge in [0.25, 0.3) is 11.8 Å². The van der Waals surface area contributed by atoms with Gasteiger partial charge >= 0.3 is 0 Å². The van der Waals surface area contributed by atoms with Crippen LogP contribution in [0.15, 0.2) is 72.9 Å². The molecule has 0 atom stereocenters. The Balaban J connectivity index is 1.57. The molecule has 1 heterocycles. The molecule has 0 saturated carbocycles. The predicted molar refractivity (Wildman–Crippen MR) is 88.7 cm³/mol. The summed E-state index contributed by atoms with van der Waals surface area (Å²) >= 11 is 0. The second-order valence-electron chi connectivity index (χ2n) is 4.93. The summed E-state index contributed by atoms with van der Waals surface area (Å²) in [5.74, 6) is 0.500. The maximum Gasteiger partial charge on any atom is 0.286 e. The lowest BCUT2D eigenvalue weighted by Crippen LogP contribution is -2.41. The molecule has 1 aromatic heterocycles. The van der Waals surface area contributed by atoms with Crippen molar-refractivity contribution in [1.29, 1.82) is 0 Å². The van der Waals surface area contributed by atoms with Crippen LogP contribution in [0.3, 0.4) is 0 Å². The molecule has 0 saturated heterocycles. The molecule has 0 aliphatic carbocycles. The number of hydrogen-bond acceptors (Lipinski definition) is 3. The van der Waals surface area contributed by atoms with Gasteiger partial charge in [-0.1, -0.05) is 18.2 Å². The number of rotatable bonds is 4. The summed E-state index contributed by atoms with van der Waals surface area (Å²) in [6.07, 6.45) is 1.63. The average molecular weight is 321 g/mol. The van der Waals surface area contributed by atoms with E-state index in [0.29, 0.717) is 22.8 Å². The lowest BCUT2D eigenvalue weighted by atomic mass is 10.2. The van der Waals surface area contributed by atoms with Crippen LogP contribution in [0, 0.1) is 0 Å². The third-order valence-electron chi connectivity index (χ3n) is 3.23. The van der Waals surface area contributed by atoms with Gasteiger partial charge in [0.05, 0.1) is 0 Å². The minimum atomic E-state index is -0.419. The van der Waals surface area contributed by atoms with Gasteiger partial charge in [0.2, 0.25) is 0 Å². The second-order valence-corrected chi connectivity index (χ2v) is 4.93. The second kappa shape index (κ2) is 7.15. The molecule has 0 bridgehead atoms. The summed E-state index contributed by atoms with van der Waals surface area (Å²) in [7, 11) is 0. The zero-order valence-electron chi connectivity index (χ0n) is 12.7. The minimum Gasteiger partial charge on any atom is -0.457 e. The Bertz CT molecular complexity index is 812. The smallest absolute Gasteiger partial charge is 0.286 e. The van der Waals surface area contributed by atoms with E-state index < -0.39 is 11.8 Å². The van der Waals surface area contributed by atoms with Crippen molar-refractivity contribution in [3.63, 3.8) is 0 Å². The van der Waals surface area contributed by atoms with Crippen molar-refractivity contribution >= 4 is 11.8 Å². The van der Waals surface area contributed by atoms with E-state index in [1.54, 1.807) is 42.6 Å². The Morgan fingerprint density at radius 3 is 2.08 bits per heavy atom. The first-order valence-electron chi connectivity index (χ1n) is 7.29. The van der Waals surface area contributed by atoms with Crippen molar-refractivity contribution in [3.05, 3.63) is 84.2 Å². The molecule has 0 unspecified atom stereocenters. The van der Waals surface area contributed by atoms with Crippen LogP contribution < -0.4 is 15.6 Å². The number of amides is 2. The van der Waals surface area contributed by atoms with E-state index in [0.717, 1.165) is 0 Å². The van der Waals surface area contributed by atoms with E-state index in [2.05, 4.69) is 15.8 Å². The number of benzene rings is 2. The molecule has 24 heavy (non-hydrogen) atoms. The number of ether oxygens (including phenoxy) is 1. The molecule has 3 N–H and O–H groups in total. The van der Waals surface area contributed by atoms with E-state index in [1.165, 1.54) is 0 Å². The van der Waals surface area contributed by atoms with Gasteiger partial charge in [0.15, 0.2) is 0 Å². The van der Waals surface area contributed by atoms with Gasteiger partial charge in [0, 0.05) is 11.8 Å². The minimum absolute atomic E-state index is 0.363. The molecule has 6 heteroatoms. The number of aromatic amines is 1. The average Bonchev–Trinajstić information content (AvgIpc) is 3.16. The van der Waals surface area contributed by atoms with Gasteiger partial charge in [-0.2, -0.15) is 0 Å². The number of hydrazine groups is 1. The summed E-state index contributed by atoms with van der Waals surface area (Å²) in [4.78, 5) is 26.5. The molecule has 2 amide bonds. The number of carbonyl (C=O) groups is 2. The van der Waals surface area contributed by atoms with Crippen LogP contribution in [-0.2, 0) is 0 Å². The third kappa shape index (κ3) is 3.80. The number of H-pyrrole nitrogens is 1. The molecule has 0 aliphatic heterocycles. The lowest BCUT2D eigenvalue weighted by molar-refractivity contribution is 0.0844. The number of para-hydroxylation sites is 1. The summed E-state index contributed by atoms with van der Waals surface area (Å²) in [6, 6.07) is 19.3. The van der Waals surface area contributed by atoms with Gasteiger partial charge in [-0.05, 0) is 48.5 Å². The predicted octanol–water partition coefficient (Wildman–Crippen LogP) is 2.88. The molecule has 0 aliphatic rings. The van der Waals surface area contributed by atoms with Crippen molar-refractivity contribution in [3.8, 4) is 11.5 Å². The van der Waals surface area contributed by atoms with Crippen LogP contribution in [0.5, 0.6) is 11.5 Å². The van der Waals surface area contributed by atoms with Crippen LogP contribution in [0.1, 0.15) is 20.8 Å². The maximum atomic E-state index is 12.0. The molecule has 120 valence electrons. The first-order valence-corrected chi connectivity index (χ1v) is 7.29. The van der Waals surface area contributed by atoms with E-state index in [1.807, 2.05) is 30.3 Å². The highest BCUT2D eigenvalue weighted by molar-refractivity contribution is 5.98. The zero-order chi connectivity index (χ0) is 16.8. The Labute approximate surface area is 138 Å². The van der Waals surface area contributed by atoms with Gasteiger partial charge in [-0.3, -0.25) is 20.4 Å². The third-order valence-corrected chi connectivity index (χ3v) is 3.23. The summed E-state index contributed by atoms with van der Waals surface area (Å²) in [6.45, 7) is 0. The van der Waals surface area contributed by atoms with E-state index in [-0.39, 0.29) is 0 Å². The molecule has 0 spiro atoms. The van der Waals surface area contributed by atoms with Crippen molar-refractivity contribution < 1.29 is 14.3 Å². The molecular weight excluding hydrogens is 306 g/mol. The lowest BCUT2D eigenvalue weighted by Gasteiger charge is -2.08. The molecular formula is C18H15N3O3. The highest BCUT2D eigenvalue weighted by Crippen LogP contribution is 2.20. The van der Waals surface area contributed by atoms with E-state index in [9.17, 15) is 9.59 Å². The van der Waals surface area contributed by atoms with Gasteiger partial charge in [-0.15, -0.1) is 0 Å². The maximum absolute atomic E-state index is 12.0.